The molecule has 0 saturated heterocycles. The molecule has 1 aromatic carbocycles. The minimum absolute atomic E-state index is 0.126. The molecular weight excluding hydrogens is 292 g/mol. The second-order valence-corrected chi connectivity index (χ2v) is 5.91. The summed E-state index contributed by atoms with van der Waals surface area (Å²) in [6.07, 6.45) is 4.04. The lowest BCUT2D eigenvalue weighted by Crippen LogP contribution is -2.40. The van der Waals surface area contributed by atoms with Crippen molar-refractivity contribution in [3.63, 3.8) is 0 Å². The molecule has 5 heteroatoms. The summed E-state index contributed by atoms with van der Waals surface area (Å²) < 4.78 is 5.10. The average Bonchev–Trinajstić information content (AvgIpc) is 3.12. The van der Waals surface area contributed by atoms with Gasteiger partial charge in [-0.15, -0.1) is 0 Å². The molecule has 3 N–H and O–H groups in total. The molecule has 2 atom stereocenters. The van der Waals surface area contributed by atoms with Crippen molar-refractivity contribution >= 4 is 6.03 Å². The van der Waals surface area contributed by atoms with E-state index in [4.69, 9.17) is 4.42 Å². The van der Waals surface area contributed by atoms with Crippen LogP contribution in [-0.2, 0) is 6.42 Å². The third-order valence-electron chi connectivity index (χ3n) is 4.33. The SMILES string of the molecule is O=C(NCC(O)c1ccco1)NCC1CCCc2ccccc21. The van der Waals surface area contributed by atoms with Gasteiger partial charge in [-0.1, -0.05) is 24.3 Å². The molecule has 1 heterocycles. The Labute approximate surface area is 135 Å². The minimum Gasteiger partial charge on any atom is -0.467 e. The van der Waals surface area contributed by atoms with Crippen molar-refractivity contribution in [3.05, 3.63) is 59.5 Å². The number of aliphatic hydroxyl groups is 1. The van der Waals surface area contributed by atoms with Crippen LogP contribution in [-0.4, -0.2) is 24.2 Å². The largest absolute Gasteiger partial charge is 0.467 e. The van der Waals surface area contributed by atoms with E-state index in [9.17, 15) is 9.90 Å². The number of aliphatic hydroxyl groups excluding tert-OH is 1. The monoisotopic (exact) mass is 314 g/mol. The number of nitrogens with one attached hydrogen (secondary N) is 2. The summed E-state index contributed by atoms with van der Waals surface area (Å²) in [5, 5.41) is 15.4. The maximum atomic E-state index is 11.9. The van der Waals surface area contributed by atoms with Gasteiger partial charge in [-0.05, 0) is 42.5 Å². The van der Waals surface area contributed by atoms with Crippen LogP contribution >= 0.6 is 0 Å². The Kier molecular flexibility index (Phi) is 4.98. The Balaban J connectivity index is 1.46. The van der Waals surface area contributed by atoms with Crippen LogP contribution < -0.4 is 10.6 Å². The summed E-state index contributed by atoms with van der Waals surface area (Å²) in [7, 11) is 0. The van der Waals surface area contributed by atoms with E-state index in [-0.39, 0.29) is 12.6 Å². The number of carbonyl (C=O) groups excluding carboxylic acids is 1. The van der Waals surface area contributed by atoms with Gasteiger partial charge in [0, 0.05) is 12.5 Å². The second kappa shape index (κ2) is 7.33. The van der Waals surface area contributed by atoms with E-state index in [1.165, 1.54) is 17.4 Å². The Hall–Kier alpha value is -2.27. The van der Waals surface area contributed by atoms with E-state index in [1.807, 2.05) is 0 Å². The Morgan fingerprint density at radius 1 is 1.26 bits per heavy atom. The van der Waals surface area contributed by atoms with E-state index in [0.717, 1.165) is 19.3 Å². The molecule has 2 aromatic rings. The summed E-state index contributed by atoms with van der Waals surface area (Å²) in [5.41, 5.74) is 2.73. The molecule has 122 valence electrons. The van der Waals surface area contributed by atoms with Gasteiger partial charge in [-0.2, -0.15) is 0 Å². The van der Waals surface area contributed by atoms with Gasteiger partial charge in [-0.3, -0.25) is 0 Å². The number of hydrogen-bond acceptors (Lipinski definition) is 3. The predicted molar refractivity (Wildman–Crippen MR) is 87.2 cm³/mol. The van der Waals surface area contributed by atoms with Gasteiger partial charge in [0.2, 0.25) is 0 Å². The summed E-state index contributed by atoms with van der Waals surface area (Å²) >= 11 is 0. The molecular formula is C18H22N2O3. The fourth-order valence-corrected chi connectivity index (χ4v) is 3.12. The lowest BCUT2D eigenvalue weighted by atomic mass is 9.83. The van der Waals surface area contributed by atoms with Gasteiger partial charge in [0.1, 0.15) is 11.9 Å². The standard InChI is InChI=1S/C18H22N2O3/c21-16(17-9-4-10-23-17)12-20-18(22)19-11-14-7-3-6-13-5-1-2-8-15(13)14/h1-2,4-5,8-10,14,16,21H,3,6-7,11-12H2,(H2,19,20,22). The van der Waals surface area contributed by atoms with Crippen molar-refractivity contribution in [1.29, 1.82) is 0 Å². The number of urea groups is 1. The van der Waals surface area contributed by atoms with Crippen LogP contribution in [0.2, 0.25) is 0 Å². The van der Waals surface area contributed by atoms with Crippen molar-refractivity contribution in [2.45, 2.75) is 31.3 Å². The smallest absolute Gasteiger partial charge is 0.314 e. The molecule has 2 unspecified atom stereocenters. The quantitative estimate of drug-likeness (QED) is 0.794. The highest BCUT2D eigenvalue weighted by Gasteiger charge is 2.20. The van der Waals surface area contributed by atoms with E-state index in [2.05, 4.69) is 34.9 Å². The van der Waals surface area contributed by atoms with Gasteiger partial charge >= 0.3 is 6.03 Å². The first kappa shape index (κ1) is 15.6. The maximum absolute atomic E-state index is 11.9. The highest BCUT2D eigenvalue weighted by atomic mass is 16.4. The van der Waals surface area contributed by atoms with Crippen LogP contribution in [0.5, 0.6) is 0 Å². The van der Waals surface area contributed by atoms with E-state index >= 15 is 0 Å². The number of benzene rings is 1. The van der Waals surface area contributed by atoms with Gasteiger partial charge in [0.25, 0.3) is 0 Å². The number of fused-ring (bicyclic) bond motifs is 1. The van der Waals surface area contributed by atoms with E-state index in [0.29, 0.717) is 18.2 Å². The fourth-order valence-electron chi connectivity index (χ4n) is 3.12. The average molecular weight is 314 g/mol. The highest BCUT2D eigenvalue weighted by Crippen LogP contribution is 2.30. The first-order chi connectivity index (χ1) is 11.2. The van der Waals surface area contributed by atoms with E-state index < -0.39 is 6.10 Å². The molecule has 23 heavy (non-hydrogen) atoms. The van der Waals surface area contributed by atoms with Crippen molar-refractivity contribution in [1.82, 2.24) is 10.6 Å². The zero-order chi connectivity index (χ0) is 16.1. The number of amides is 2. The molecule has 1 aliphatic rings. The lowest BCUT2D eigenvalue weighted by molar-refractivity contribution is 0.148. The molecule has 0 radical (unpaired) electrons. The fraction of sp³-hybridized carbons (Fsp3) is 0.389. The van der Waals surface area contributed by atoms with Crippen LogP contribution in [0.25, 0.3) is 0 Å². The summed E-state index contributed by atoms with van der Waals surface area (Å²) in [5.74, 6) is 0.812. The molecule has 0 fully saturated rings. The lowest BCUT2D eigenvalue weighted by Gasteiger charge is -2.25. The third kappa shape index (κ3) is 3.93. The van der Waals surface area contributed by atoms with Crippen LogP contribution in [0.1, 0.15) is 41.8 Å². The maximum Gasteiger partial charge on any atom is 0.314 e. The number of carbonyl (C=O) groups is 1. The minimum atomic E-state index is -0.828. The van der Waals surface area contributed by atoms with Crippen LogP contribution in [0.15, 0.2) is 47.1 Å². The number of aryl methyl sites for hydroxylation is 1. The summed E-state index contributed by atoms with van der Waals surface area (Å²) in [6.45, 7) is 0.736. The number of furan rings is 1. The predicted octanol–water partition coefficient (Wildman–Crippen LogP) is 2.73. The van der Waals surface area contributed by atoms with Crippen LogP contribution in [0, 0.1) is 0 Å². The van der Waals surface area contributed by atoms with Crippen LogP contribution in [0.3, 0.4) is 0 Å². The van der Waals surface area contributed by atoms with Crippen molar-refractivity contribution in [3.8, 4) is 0 Å². The Morgan fingerprint density at radius 2 is 2.13 bits per heavy atom. The molecule has 3 rings (SSSR count). The van der Waals surface area contributed by atoms with Gasteiger partial charge in [-0.25, -0.2) is 4.79 Å². The topological polar surface area (TPSA) is 74.5 Å². The van der Waals surface area contributed by atoms with Crippen molar-refractivity contribution < 1.29 is 14.3 Å². The van der Waals surface area contributed by atoms with Crippen molar-refractivity contribution in [2.75, 3.05) is 13.1 Å². The zero-order valence-corrected chi connectivity index (χ0v) is 13.0. The number of rotatable bonds is 5. The highest BCUT2D eigenvalue weighted by molar-refractivity contribution is 5.73. The third-order valence-corrected chi connectivity index (χ3v) is 4.33. The molecule has 5 nitrogen and oxygen atoms in total. The van der Waals surface area contributed by atoms with Crippen LogP contribution in [0.4, 0.5) is 4.79 Å². The summed E-state index contributed by atoms with van der Waals surface area (Å²) in [4.78, 5) is 11.9. The van der Waals surface area contributed by atoms with Gasteiger partial charge in [0.05, 0.1) is 12.8 Å². The zero-order valence-electron chi connectivity index (χ0n) is 13.0. The van der Waals surface area contributed by atoms with Crippen molar-refractivity contribution in [2.24, 2.45) is 0 Å². The molecule has 0 aliphatic heterocycles. The normalized spacial score (nSPS) is 18.0. The molecule has 0 saturated carbocycles. The Morgan fingerprint density at radius 3 is 2.96 bits per heavy atom. The van der Waals surface area contributed by atoms with E-state index in [1.54, 1.807) is 12.1 Å². The molecule has 2 amide bonds. The first-order valence-corrected chi connectivity index (χ1v) is 8.05. The molecule has 1 aromatic heterocycles. The molecule has 0 bridgehead atoms. The number of hydrogen-bond donors (Lipinski definition) is 3. The second-order valence-electron chi connectivity index (χ2n) is 5.91. The van der Waals surface area contributed by atoms with Gasteiger partial charge < -0.3 is 20.2 Å². The molecule has 1 aliphatic carbocycles. The summed E-state index contributed by atoms with van der Waals surface area (Å²) in [6, 6.07) is 11.6. The molecule has 0 spiro atoms. The first-order valence-electron chi connectivity index (χ1n) is 8.05. The Bertz CT molecular complexity index is 639. The van der Waals surface area contributed by atoms with Gasteiger partial charge in [0.15, 0.2) is 0 Å².